The van der Waals surface area contributed by atoms with Crippen LogP contribution in [-0.4, -0.2) is 38.2 Å². The summed E-state index contributed by atoms with van der Waals surface area (Å²) in [6.45, 7) is 2.66. The molecule has 2 aliphatic rings. The van der Waals surface area contributed by atoms with Crippen molar-refractivity contribution in [3.8, 4) is 5.75 Å². The molecule has 0 bridgehead atoms. The van der Waals surface area contributed by atoms with Crippen LogP contribution in [0.15, 0.2) is 24.3 Å². The van der Waals surface area contributed by atoms with Crippen LogP contribution < -0.4 is 15.4 Å². The molecular formula is C17H23F3N2O2. The molecule has 1 aliphatic heterocycles. The molecule has 0 spiro atoms. The van der Waals surface area contributed by atoms with Gasteiger partial charge in [0.15, 0.2) is 0 Å². The second kappa shape index (κ2) is 7.72. The number of alkyl halides is 3. The van der Waals surface area contributed by atoms with Gasteiger partial charge in [0.25, 0.3) is 0 Å². The van der Waals surface area contributed by atoms with Crippen molar-refractivity contribution < 1.29 is 22.6 Å². The van der Waals surface area contributed by atoms with E-state index in [0.29, 0.717) is 30.7 Å². The summed E-state index contributed by atoms with van der Waals surface area (Å²) in [7, 11) is 0. The molecule has 134 valence electrons. The maximum absolute atomic E-state index is 12.5. The van der Waals surface area contributed by atoms with Crippen molar-refractivity contribution in [3.05, 3.63) is 29.8 Å². The zero-order valence-corrected chi connectivity index (χ0v) is 13.4. The van der Waals surface area contributed by atoms with E-state index in [2.05, 4.69) is 15.4 Å². The second-order valence-electron chi connectivity index (χ2n) is 6.37. The van der Waals surface area contributed by atoms with E-state index in [4.69, 9.17) is 4.74 Å². The first-order valence-electron chi connectivity index (χ1n) is 8.41. The normalized spacial score (nSPS) is 28.0. The Morgan fingerprint density at radius 2 is 2.08 bits per heavy atom. The van der Waals surface area contributed by atoms with E-state index in [0.717, 1.165) is 32.4 Å². The molecule has 0 aromatic heterocycles. The van der Waals surface area contributed by atoms with Crippen molar-refractivity contribution in [1.29, 1.82) is 0 Å². The predicted octanol–water partition coefficient (Wildman–Crippen LogP) is 2.83. The highest BCUT2D eigenvalue weighted by Crippen LogP contribution is 2.31. The Kier molecular flexibility index (Phi) is 5.63. The summed E-state index contributed by atoms with van der Waals surface area (Å²) in [6.07, 6.45) is -1.40. The van der Waals surface area contributed by atoms with Crippen molar-refractivity contribution in [2.45, 2.75) is 44.3 Å². The van der Waals surface area contributed by atoms with Gasteiger partial charge in [0, 0.05) is 30.7 Å². The van der Waals surface area contributed by atoms with Crippen LogP contribution in [0.5, 0.6) is 5.75 Å². The monoisotopic (exact) mass is 344 g/mol. The lowest BCUT2D eigenvalue weighted by Crippen LogP contribution is -2.50. The number of morpholine rings is 1. The summed E-state index contributed by atoms with van der Waals surface area (Å²) < 4.78 is 47.2. The summed E-state index contributed by atoms with van der Waals surface area (Å²) >= 11 is 0. The number of halogens is 3. The van der Waals surface area contributed by atoms with Gasteiger partial charge in [-0.25, -0.2) is 0 Å². The molecule has 2 N–H and O–H groups in total. The highest BCUT2D eigenvalue weighted by Gasteiger charge is 2.35. The highest BCUT2D eigenvalue weighted by molar-refractivity contribution is 5.33. The number of ether oxygens (including phenoxy) is 2. The lowest BCUT2D eigenvalue weighted by atomic mass is 9.94. The Morgan fingerprint density at radius 3 is 2.83 bits per heavy atom. The van der Waals surface area contributed by atoms with Crippen LogP contribution in [0.3, 0.4) is 0 Å². The Labute approximate surface area is 139 Å². The minimum Gasteiger partial charge on any atom is -0.405 e. The minimum atomic E-state index is -4.67. The standard InChI is InChI=1S/C17H23F3N2O2/c18-17(19,20)24-16-7-2-1-4-12(16)10-22-14-6-3-5-13(14)15-11-23-9-8-21-15/h1-2,4,7,13-15,21-22H,3,5-6,8-11H2. The molecule has 1 aromatic rings. The molecule has 3 atom stereocenters. The van der Waals surface area contributed by atoms with Gasteiger partial charge in [0.1, 0.15) is 5.75 Å². The number of para-hydroxylation sites is 1. The van der Waals surface area contributed by atoms with Crippen LogP contribution in [0, 0.1) is 5.92 Å². The van der Waals surface area contributed by atoms with Gasteiger partial charge in [-0.05, 0) is 24.8 Å². The molecular weight excluding hydrogens is 321 g/mol. The van der Waals surface area contributed by atoms with E-state index in [1.165, 1.54) is 6.07 Å². The van der Waals surface area contributed by atoms with E-state index in [-0.39, 0.29) is 11.8 Å². The van der Waals surface area contributed by atoms with E-state index < -0.39 is 6.36 Å². The molecule has 7 heteroatoms. The van der Waals surface area contributed by atoms with Crippen molar-refractivity contribution in [2.24, 2.45) is 5.92 Å². The predicted molar refractivity (Wildman–Crippen MR) is 83.7 cm³/mol. The van der Waals surface area contributed by atoms with Gasteiger partial charge in [-0.2, -0.15) is 0 Å². The SMILES string of the molecule is FC(F)(F)Oc1ccccc1CNC1CCCC1C1COCCN1. The third-order valence-electron chi connectivity index (χ3n) is 4.79. The summed E-state index contributed by atoms with van der Waals surface area (Å²) in [5, 5.41) is 6.92. The summed E-state index contributed by atoms with van der Waals surface area (Å²) in [5.41, 5.74) is 0.522. The topological polar surface area (TPSA) is 42.5 Å². The van der Waals surface area contributed by atoms with Gasteiger partial charge in [-0.15, -0.1) is 13.2 Å². The Bertz CT molecular complexity index is 533. The maximum Gasteiger partial charge on any atom is 0.573 e. The third-order valence-corrected chi connectivity index (χ3v) is 4.79. The van der Waals surface area contributed by atoms with Gasteiger partial charge < -0.3 is 20.1 Å². The summed E-state index contributed by atoms with van der Waals surface area (Å²) in [5.74, 6) is 0.312. The number of hydrogen-bond donors (Lipinski definition) is 2. The van der Waals surface area contributed by atoms with Gasteiger partial charge in [0.2, 0.25) is 0 Å². The summed E-state index contributed by atoms with van der Waals surface area (Å²) in [6, 6.07) is 6.89. The Morgan fingerprint density at radius 1 is 1.25 bits per heavy atom. The molecule has 1 aromatic carbocycles. The molecule has 0 radical (unpaired) electrons. The maximum atomic E-state index is 12.5. The first-order chi connectivity index (χ1) is 11.5. The van der Waals surface area contributed by atoms with Crippen molar-refractivity contribution in [3.63, 3.8) is 0 Å². The van der Waals surface area contributed by atoms with Crippen molar-refractivity contribution in [2.75, 3.05) is 19.8 Å². The van der Waals surface area contributed by atoms with E-state index in [1.54, 1.807) is 18.2 Å². The molecule has 4 nitrogen and oxygen atoms in total. The molecule has 0 amide bonds. The Hall–Kier alpha value is -1.31. The third kappa shape index (κ3) is 4.62. The second-order valence-corrected chi connectivity index (χ2v) is 6.37. The van der Waals surface area contributed by atoms with Crippen LogP contribution in [0.25, 0.3) is 0 Å². The fraction of sp³-hybridized carbons (Fsp3) is 0.647. The van der Waals surface area contributed by atoms with E-state index >= 15 is 0 Å². The van der Waals surface area contributed by atoms with Gasteiger partial charge in [0.05, 0.1) is 13.2 Å². The largest absolute Gasteiger partial charge is 0.573 e. The highest BCUT2D eigenvalue weighted by atomic mass is 19.4. The van der Waals surface area contributed by atoms with Crippen LogP contribution in [0.2, 0.25) is 0 Å². The number of nitrogens with one attached hydrogen (secondary N) is 2. The smallest absolute Gasteiger partial charge is 0.405 e. The first kappa shape index (κ1) is 17.5. The van der Waals surface area contributed by atoms with Crippen molar-refractivity contribution >= 4 is 0 Å². The first-order valence-corrected chi connectivity index (χ1v) is 8.41. The Balaban J connectivity index is 1.60. The fourth-order valence-corrected chi connectivity index (χ4v) is 3.70. The number of hydrogen-bond acceptors (Lipinski definition) is 4. The van der Waals surface area contributed by atoms with Gasteiger partial charge in [-0.1, -0.05) is 24.6 Å². The zero-order chi connectivity index (χ0) is 17.0. The molecule has 1 saturated carbocycles. The number of rotatable bonds is 5. The van der Waals surface area contributed by atoms with Crippen LogP contribution in [0.4, 0.5) is 13.2 Å². The molecule has 3 rings (SSSR count). The molecule has 24 heavy (non-hydrogen) atoms. The summed E-state index contributed by atoms with van der Waals surface area (Å²) in [4.78, 5) is 0. The van der Waals surface area contributed by atoms with Crippen molar-refractivity contribution in [1.82, 2.24) is 10.6 Å². The molecule has 1 aliphatic carbocycles. The quantitative estimate of drug-likeness (QED) is 0.862. The average molecular weight is 344 g/mol. The van der Waals surface area contributed by atoms with Crippen LogP contribution in [-0.2, 0) is 11.3 Å². The minimum absolute atomic E-state index is 0.133. The van der Waals surface area contributed by atoms with E-state index in [9.17, 15) is 13.2 Å². The molecule has 3 unspecified atom stereocenters. The van der Waals surface area contributed by atoms with Crippen LogP contribution in [0.1, 0.15) is 24.8 Å². The van der Waals surface area contributed by atoms with Crippen LogP contribution >= 0.6 is 0 Å². The molecule has 1 heterocycles. The molecule has 2 fully saturated rings. The van der Waals surface area contributed by atoms with Gasteiger partial charge in [-0.3, -0.25) is 0 Å². The molecule has 1 saturated heterocycles. The average Bonchev–Trinajstić information content (AvgIpc) is 3.02. The zero-order valence-electron chi connectivity index (χ0n) is 13.4. The van der Waals surface area contributed by atoms with E-state index in [1.807, 2.05) is 0 Å². The lowest BCUT2D eigenvalue weighted by molar-refractivity contribution is -0.274. The number of benzene rings is 1. The fourth-order valence-electron chi connectivity index (χ4n) is 3.70. The lowest BCUT2D eigenvalue weighted by Gasteiger charge is -2.33. The van der Waals surface area contributed by atoms with Gasteiger partial charge >= 0.3 is 6.36 Å².